The molecule has 0 radical (unpaired) electrons. The van der Waals surface area contributed by atoms with Crippen LogP contribution in [0.2, 0.25) is 10.2 Å². The van der Waals surface area contributed by atoms with E-state index < -0.39 is 17.9 Å². The average molecular weight is 329 g/mol. The lowest BCUT2D eigenvalue weighted by molar-refractivity contribution is -0.142. The molecule has 3 N–H and O–H groups in total. The molecule has 7 nitrogen and oxygen atoms in total. The summed E-state index contributed by atoms with van der Waals surface area (Å²) >= 11 is 11.6. The van der Waals surface area contributed by atoms with Gasteiger partial charge in [0.1, 0.15) is 16.9 Å². The van der Waals surface area contributed by atoms with E-state index >= 15 is 0 Å². The van der Waals surface area contributed by atoms with Crippen molar-refractivity contribution in [1.82, 2.24) is 19.9 Å². The molecule has 1 aliphatic heterocycles. The molecule has 1 aliphatic rings. The summed E-state index contributed by atoms with van der Waals surface area (Å²) in [4.78, 5) is 34.8. The molecule has 2 aromatic heterocycles. The van der Waals surface area contributed by atoms with E-state index in [-0.39, 0.29) is 28.8 Å². The van der Waals surface area contributed by atoms with E-state index in [0.29, 0.717) is 5.69 Å². The number of imidazole rings is 1. The van der Waals surface area contributed by atoms with Crippen molar-refractivity contribution < 1.29 is 14.7 Å². The number of aromatic amines is 2. The maximum atomic E-state index is 12.5. The summed E-state index contributed by atoms with van der Waals surface area (Å²) in [5.74, 6) is -1.56. The Kier molecular flexibility index (Phi) is 3.38. The fourth-order valence-corrected chi connectivity index (χ4v) is 2.66. The summed E-state index contributed by atoms with van der Waals surface area (Å²) in [6.07, 6.45) is 1.64. The van der Waals surface area contributed by atoms with Crippen molar-refractivity contribution in [1.29, 1.82) is 0 Å². The number of amides is 1. The maximum Gasteiger partial charge on any atom is 0.326 e. The minimum absolute atomic E-state index is 0.138. The molecule has 0 saturated heterocycles. The number of carbonyl (C=O) groups is 2. The predicted molar refractivity (Wildman–Crippen MR) is 74.4 cm³/mol. The molecule has 3 heterocycles. The van der Waals surface area contributed by atoms with Crippen molar-refractivity contribution in [2.45, 2.75) is 19.0 Å². The second-order valence-electron chi connectivity index (χ2n) is 4.66. The molecule has 1 unspecified atom stereocenters. The molecule has 110 valence electrons. The lowest BCUT2D eigenvalue weighted by Gasteiger charge is -2.31. The first-order valence-electron chi connectivity index (χ1n) is 6.06. The Balaban J connectivity index is 1.95. The van der Waals surface area contributed by atoms with Gasteiger partial charge in [0.15, 0.2) is 0 Å². The molecule has 2 aromatic rings. The SMILES string of the molecule is O=C(O)C1Cc2nc[nH]c2CN1C(=O)c1cc(Cl)c(Cl)[nH]1. The summed E-state index contributed by atoms with van der Waals surface area (Å²) in [6, 6.07) is 0.405. The largest absolute Gasteiger partial charge is 0.480 e. The highest BCUT2D eigenvalue weighted by molar-refractivity contribution is 6.41. The number of carbonyl (C=O) groups excluding carboxylic acids is 1. The van der Waals surface area contributed by atoms with E-state index in [9.17, 15) is 14.7 Å². The summed E-state index contributed by atoms with van der Waals surface area (Å²) in [6.45, 7) is 0.138. The number of nitrogens with one attached hydrogen (secondary N) is 2. The quantitative estimate of drug-likeness (QED) is 0.780. The van der Waals surface area contributed by atoms with Crippen LogP contribution in [0, 0.1) is 0 Å². The third-order valence-electron chi connectivity index (χ3n) is 3.40. The Hall–Kier alpha value is -1.99. The topological polar surface area (TPSA) is 102 Å². The minimum Gasteiger partial charge on any atom is -0.480 e. The summed E-state index contributed by atoms with van der Waals surface area (Å²) in [5.41, 5.74) is 1.54. The number of aromatic nitrogens is 3. The number of aliphatic carboxylic acids is 1. The summed E-state index contributed by atoms with van der Waals surface area (Å²) < 4.78 is 0. The van der Waals surface area contributed by atoms with Crippen molar-refractivity contribution in [2.75, 3.05) is 0 Å². The molecule has 0 bridgehead atoms. The van der Waals surface area contributed by atoms with Gasteiger partial charge in [0.25, 0.3) is 5.91 Å². The third kappa shape index (κ3) is 2.38. The van der Waals surface area contributed by atoms with Gasteiger partial charge >= 0.3 is 5.97 Å². The van der Waals surface area contributed by atoms with Crippen LogP contribution in [0.5, 0.6) is 0 Å². The van der Waals surface area contributed by atoms with Crippen LogP contribution in [0.25, 0.3) is 0 Å². The minimum atomic E-state index is -1.08. The molecule has 9 heteroatoms. The van der Waals surface area contributed by atoms with Crippen molar-refractivity contribution in [3.63, 3.8) is 0 Å². The number of carboxylic acids is 1. The highest BCUT2D eigenvalue weighted by atomic mass is 35.5. The zero-order chi connectivity index (χ0) is 15.1. The molecular weight excluding hydrogens is 319 g/mol. The van der Waals surface area contributed by atoms with Gasteiger partial charge in [-0.15, -0.1) is 0 Å². The van der Waals surface area contributed by atoms with Crippen molar-refractivity contribution >= 4 is 35.1 Å². The Morgan fingerprint density at radius 1 is 1.43 bits per heavy atom. The predicted octanol–water partition coefficient (Wildman–Crippen LogP) is 1.70. The fraction of sp³-hybridized carbons (Fsp3) is 0.250. The molecular formula is C12H10Cl2N4O3. The zero-order valence-corrected chi connectivity index (χ0v) is 12.1. The maximum absolute atomic E-state index is 12.5. The van der Waals surface area contributed by atoms with Gasteiger partial charge in [-0.05, 0) is 6.07 Å². The van der Waals surface area contributed by atoms with Crippen LogP contribution < -0.4 is 0 Å². The zero-order valence-electron chi connectivity index (χ0n) is 10.6. The number of hydrogen-bond acceptors (Lipinski definition) is 3. The molecule has 0 aromatic carbocycles. The molecule has 1 amide bonds. The van der Waals surface area contributed by atoms with E-state index in [2.05, 4.69) is 15.0 Å². The first-order valence-corrected chi connectivity index (χ1v) is 6.82. The molecule has 1 atom stereocenters. The van der Waals surface area contributed by atoms with Crippen LogP contribution in [0.15, 0.2) is 12.4 Å². The Labute approximate surface area is 128 Å². The Bertz CT molecular complexity index is 704. The molecule has 0 fully saturated rings. The molecule has 0 spiro atoms. The molecule has 3 rings (SSSR count). The van der Waals surface area contributed by atoms with Gasteiger partial charge in [0.05, 0.1) is 29.3 Å². The first kappa shape index (κ1) is 14.0. The average Bonchev–Trinajstić information content (AvgIpc) is 3.03. The van der Waals surface area contributed by atoms with Gasteiger partial charge in [0.2, 0.25) is 0 Å². The van der Waals surface area contributed by atoms with Gasteiger partial charge in [-0.3, -0.25) is 4.79 Å². The summed E-state index contributed by atoms with van der Waals surface area (Å²) in [7, 11) is 0. The number of halogens is 2. The van der Waals surface area contributed by atoms with Crippen LogP contribution >= 0.6 is 23.2 Å². The van der Waals surface area contributed by atoms with Crippen molar-refractivity contribution in [2.24, 2.45) is 0 Å². The number of H-pyrrole nitrogens is 2. The smallest absolute Gasteiger partial charge is 0.326 e. The number of rotatable bonds is 2. The van der Waals surface area contributed by atoms with Crippen LogP contribution in [0.1, 0.15) is 21.9 Å². The van der Waals surface area contributed by atoms with Crippen LogP contribution in [-0.4, -0.2) is 42.9 Å². The Morgan fingerprint density at radius 3 is 2.81 bits per heavy atom. The second-order valence-corrected chi connectivity index (χ2v) is 5.45. The molecule has 21 heavy (non-hydrogen) atoms. The Morgan fingerprint density at radius 2 is 2.19 bits per heavy atom. The number of fused-ring (bicyclic) bond motifs is 1. The highest BCUT2D eigenvalue weighted by Crippen LogP contribution is 2.26. The number of nitrogens with zero attached hydrogens (tertiary/aromatic N) is 2. The van der Waals surface area contributed by atoms with Crippen molar-refractivity contribution in [3.05, 3.63) is 39.7 Å². The van der Waals surface area contributed by atoms with E-state index in [1.54, 1.807) is 0 Å². The first-order chi connectivity index (χ1) is 9.97. The van der Waals surface area contributed by atoms with Crippen molar-refractivity contribution in [3.8, 4) is 0 Å². The lowest BCUT2D eigenvalue weighted by atomic mass is 10.0. The second kappa shape index (κ2) is 5.09. The summed E-state index contributed by atoms with van der Waals surface area (Å²) in [5, 5.41) is 9.69. The van der Waals surface area contributed by atoms with Gasteiger partial charge in [-0.25, -0.2) is 9.78 Å². The monoisotopic (exact) mass is 328 g/mol. The normalized spacial score (nSPS) is 17.6. The van der Waals surface area contributed by atoms with E-state index in [0.717, 1.165) is 5.69 Å². The standard InChI is InChI=1S/C12H10Cl2N4O3/c13-5-1-7(17-10(5)14)11(19)18-3-8-6(15-4-16-8)2-9(18)12(20)21/h1,4,9,17H,2-3H2,(H,15,16)(H,20,21). The van der Waals surface area contributed by atoms with E-state index in [4.69, 9.17) is 23.2 Å². The lowest BCUT2D eigenvalue weighted by Crippen LogP contribution is -2.48. The number of hydrogen-bond donors (Lipinski definition) is 3. The fourth-order valence-electron chi connectivity index (χ4n) is 2.34. The van der Waals surface area contributed by atoms with Gasteiger partial charge in [-0.1, -0.05) is 23.2 Å². The van der Waals surface area contributed by atoms with E-state index in [1.807, 2.05) is 0 Å². The van der Waals surface area contributed by atoms with Crippen LogP contribution in [0.3, 0.4) is 0 Å². The third-order valence-corrected chi connectivity index (χ3v) is 4.09. The molecule has 0 saturated carbocycles. The van der Waals surface area contributed by atoms with Gasteiger partial charge in [0, 0.05) is 6.42 Å². The van der Waals surface area contributed by atoms with Crippen LogP contribution in [0.4, 0.5) is 0 Å². The number of carboxylic acid groups (broad SMARTS) is 1. The van der Waals surface area contributed by atoms with Gasteiger partial charge < -0.3 is 20.0 Å². The van der Waals surface area contributed by atoms with Gasteiger partial charge in [-0.2, -0.15) is 0 Å². The van der Waals surface area contributed by atoms with Crippen LogP contribution in [-0.2, 0) is 17.8 Å². The van der Waals surface area contributed by atoms with E-state index in [1.165, 1.54) is 17.3 Å². The molecule has 0 aliphatic carbocycles. The highest BCUT2D eigenvalue weighted by Gasteiger charge is 2.36.